The molecule has 10 heteroatoms. The van der Waals surface area contributed by atoms with E-state index in [0.29, 0.717) is 18.8 Å². The van der Waals surface area contributed by atoms with Crippen molar-refractivity contribution in [3.63, 3.8) is 0 Å². The first kappa shape index (κ1) is 33.8. The molecule has 4 atom stereocenters. The molecule has 1 fully saturated rings. The van der Waals surface area contributed by atoms with Crippen LogP contribution in [-0.2, 0) is 34.6 Å². The molecular formula is C30H49N2O7P. The fourth-order valence-electron chi connectivity index (χ4n) is 5.04. The van der Waals surface area contributed by atoms with Gasteiger partial charge in [0.1, 0.15) is 17.9 Å². The van der Waals surface area contributed by atoms with Crippen molar-refractivity contribution >= 4 is 26.0 Å². The topological polar surface area (TPSA) is 120 Å². The molecule has 0 aromatic heterocycles. The van der Waals surface area contributed by atoms with E-state index in [-0.39, 0.29) is 18.5 Å². The summed E-state index contributed by atoms with van der Waals surface area (Å²) in [5, 5.41) is 5.62. The molecule has 2 N–H and O–H groups in total. The van der Waals surface area contributed by atoms with Gasteiger partial charge in [0, 0.05) is 12.6 Å². The Kier molecular flexibility index (Phi) is 14.2. The SMILES string of the molecule is COC(=O)C(CC(C)C)C[PH](=O)OC(CC1CCCCC1)NC(=O)[C@H](Cc1ccccc1)NC(=O)OC(C)(C)C. The number of alkyl carbamates (subject to hydrolysis) is 1. The van der Waals surface area contributed by atoms with Crippen LogP contribution in [0.25, 0.3) is 0 Å². The maximum absolute atomic E-state index is 13.6. The molecule has 0 spiro atoms. The predicted molar refractivity (Wildman–Crippen MR) is 156 cm³/mol. The molecule has 3 unspecified atom stereocenters. The van der Waals surface area contributed by atoms with Gasteiger partial charge in [-0.15, -0.1) is 0 Å². The van der Waals surface area contributed by atoms with Crippen LogP contribution in [0.3, 0.4) is 0 Å². The van der Waals surface area contributed by atoms with Gasteiger partial charge in [-0.05, 0) is 51.0 Å². The Balaban J connectivity index is 2.20. The Labute approximate surface area is 240 Å². The molecule has 40 heavy (non-hydrogen) atoms. The number of amides is 2. The third kappa shape index (κ3) is 13.3. The average molecular weight is 581 g/mol. The summed E-state index contributed by atoms with van der Waals surface area (Å²) < 4.78 is 29.5. The highest BCUT2D eigenvalue weighted by atomic mass is 31.1. The molecule has 1 aromatic rings. The normalized spacial score (nSPS) is 17.4. The van der Waals surface area contributed by atoms with E-state index in [1.54, 1.807) is 20.8 Å². The van der Waals surface area contributed by atoms with Gasteiger partial charge in [-0.2, -0.15) is 0 Å². The highest BCUT2D eigenvalue weighted by Gasteiger charge is 2.30. The van der Waals surface area contributed by atoms with Crippen LogP contribution in [0.1, 0.15) is 85.1 Å². The number of rotatable bonds is 14. The van der Waals surface area contributed by atoms with Gasteiger partial charge in [-0.3, -0.25) is 14.2 Å². The van der Waals surface area contributed by atoms with Crippen LogP contribution in [0.15, 0.2) is 30.3 Å². The predicted octanol–water partition coefficient (Wildman–Crippen LogP) is 5.86. The van der Waals surface area contributed by atoms with Gasteiger partial charge < -0.3 is 24.6 Å². The van der Waals surface area contributed by atoms with Gasteiger partial charge >= 0.3 is 12.1 Å². The first-order valence-corrected chi connectivity index (χ1v) is 16.0. The lowest BCUT2D eigenvalue weighted by atomic mass is 9.86. The zero-order valence-corrected chi connectivity index (χ0v) is 26.0. The Bertz CT molecular complexity index is 959. The number of hydrogen-bond donors (Lipinski definition) is 2. The lowest BCUT2D eigenvalue weighted by Gasteiger charge is -2.29. The van der Waals surface area contributed by atoms with Crippen LogP contribution in [0, 0.1) is 17.8 Å². The summed E-state index contributed by atoms with van der Waals surface area (Å²) in [5.74, 6) is -0.853. The zero-order chi connectivity index (χ0) is 29.7. The summed E-state index contributed by atoms with van der Waals surface area (Å²) in [5.41, 5.74) is 0.142. The van der Waals surface area contributed by atoms with Crippen molar-refractivity contribution in [2.24, 2.45) is 17.8 Å². The molecule has 0 saturated heterocycles. The number of nitrogens with one attached hydrogen (secondary N) is 2. The Morgan fingerprint density at radius 2 is 1.68 bits per heavy atom. The van der Waals surface area contributed by atoms with E-state index in [1.165, 1.54) is 13.5 Å². The quantitative estimate of drug-likeness (QED) is 0.161. The van der Waals surface area contributed by atoms with E-state index in [2.05, 4.69) is 10.6 Å². The van der Waals surface area contributed by atoms with Gasteiger partial charge in [-0.1, -0.05) is 76.3 Å². The van der Waals surface area contributed by atoms with Crippen molar-refractivity contribution in [2.75, 3.05) is 13.3 Å². The van der Waals surface area contributed by atoms with Crippen LogP contribution < -0.4 is 10.6 Å². The van der Waals surface area contributed by atoms with Gasteiger partial charge in [0.15, 0.2) is 8.03 Å². The maximum Gasteiger partial charge on any atom is 0.408 e. The van der Waals surface area contributed by atoms with E-state index in [9.17, 15) is 18.9 Å². The molecule has 0 radical (unpaired) electrons. The van der Waals surface area contributed by atoms with Crippen LogP contribution in [0.2, 0.25) is 0 Å². The molecule has 0 aliphatic heterocycles. The number of methoxy groups -OCH3 is 1. The van der Waals surface area contributed by atoms with Crippen molar-refractivity contribution < 1.29 is 32.9 Å². The lowest BCUT2D eigenvalue weighted by Crippen LogP contribution is -2.52. The first-order valence-electron chi connectivity index (χ1n) is 14.5. The second kappa shape index (κ2) is 16.8. The molecule has 1 aromatic carbocycles. The van der Waals surface area contributed by atoms with Crippen LogP contribution >= 0.6 is 8.03 Å². The number of esters is 1. The third-order valence-corrected chi connectivity index (χ3v) is 8.22. The van der Waals surface area contributed by atoms with Crippen molar-refractivity contribution in [2.45, 2.75) is 104 Å². The Morgan fingerprint density at radius 1 is 1.02 bits per heavy atom. The molecule has 0 bridgehead atoms. The van der Waals surface area contributed by atoms with Gasteiger partial charge in [-0.25, -0.2) is 4.79 Å². The molecule has 2 amide bonds. The van der Waals surface area contributed by atoms with Gasteiger partial charge in [0.05, 0.1) is 13.0 Å². The Morgan fingerprint density at radius 3 is 2.25 bits per heavy atom. The van der Waals surface area contributed by atoms with Gasteiger partial charge in [0.2, 0.25) is 5.91 Å². The summed E-state index contributed by atoms with van der Waals surface area (Å²) in [6, 6.07) is 8.45. The maximum atomic E-state index is 13.6. The highest BCUT2D eigenvalue weighted by molar-refractivity contribution is 7.39. The summed E-state index contributed by atoms with van der Waals surface area (Å²) in [6.07, 6.45) is 5.26. The number of carbonyl (C=O) groups is 3. The third-order valence-electron chi connectivity index (χ3n) is 6.84. The summed E-state index contributed by atoms with van der Waals surface area (Å²) >= 11 is 0. The summed E-state index contributed by atoms with van der Waals surface area (Å²) in [4.78, 5) is 38.5. The number of carbonyl (C=O) groups excluding carboxylic acids is 3. The number of ether oxygens (including phenoxy) is 2. The minimum absolute atomic E-state index is 0.0517. The van der Waals surface area contributed by atoms with Crippen LogP contribution in [0.4, 0.5) is 4.79 Å². The smallest absolute Gasteiger partial charge is 0.408 e. The molecule has 9 nitrogen and oxygen atoms in total. The summed E-state index contributed by atoms with van der Waals surface area (Å²) in [6.45, 7) is 9.25. The fraction of sp³-hybridized carbons (Fsp3) is 0.700. The number of benzene rings is 1. The van der Waals surface area contributed by atoms with Crippen molar-refractivity contribution in [1.82, 2.24) is 10.6 Å². The minimum atomic E-state index is -2.69. The highest BCUT2D eigenvalue weighted by Crippen LogP contribution is 2.34. The molecule has 226 valence electrons. The molecule has 1 saturated carbocycles. The van der Waals surface area contributed by atoms with Crippen molar-refractivity contribution in [3.8, 4) is 0 Å². The van der Waals surface area contributed by atoms with E-state index < -0.39 is 49.8 Å². The van der Waals surface area contributed by atoms with E-state index in [4.69, 9.17) is 14.0 Å². The second-order valence-corrected chi connectivity index (χ2v) is 13.6. The standard InChI is InChI=1S/C30H49N2O7P/c1-21(2)17-24(28(34)37-6)20-40(36)39-26(19-23-15-11-8-12-16-23)32-27(33)25(18-22-13-9-7-10-14-22)31-29(35)38-30(3,4)5/h7,9-10,13-14,21,23-26,40H,8,11-12,15-20H2,1-6H3,(H,31,35)(H,32,33)/t24?,25-,26?/m0/s1. The molecule has 2 rings (SSSR count). The molecular weight excluding hydrogens is 531 g/mol. The van der Waals surface area contributed by atoms with Gasteiger partial charge in [0.25, 0.3) is 0 Å². The van der Waals surface area contributed by atoms with Crippen molar-refractivity contribution in [3.05, 3.63) is 35.9 Å². The largest absolute Gasteiger partial charge is 0.469 e. The fourth-order valence-corrected chi connectivity index (χ4v) is 6.34. The number of hydrogen-bond acceptors (Lipinski definition) is 7. The Hall–Kier alpha value is -2.38. The first-order chi connectivity index (χ1) is 18.9. The summed E-state index contributed by atoms with van der Waals surface area (Å²) in [7, 11) is -1.37. The second-order valence-electron chi connectivity index (χ2n) is 12.2. The van der Waals surface area contributed by atoms with Crippen molar-refractivity contribution in [1.29, 1.82) is 0 Å². The molecule has 0 heterocycles. The van der Waals surface area contributed by atoms with E-state index in [0.717, 1.165) is 31.2 Å². The lowest BCUT2D eigenvalue weighted by molar-refractivity contribution is -0.145. The minimum Gasteiger partial charge on any atom is -0.469 e. The monoisotopic (exact) mass is 580 g/mol. The van der Waals surface area contributed by atoms with E-state index in [1.807, 2.05) is 44.2 Å². The van der Waals surface area contributed by atoms with Crippen LogP contribution in [0.5, 0.6) is 0 Å². The van der Waals surface area contributed by atoms with Crippen LogP contribution in [-0.4, -0.2) is 49.1 Å². The molecule has 1 aliphatic rings. The average Bonchev–Trinajstić information content (AvgIpc) is 2.87. The zero-order valence-electron chi connectivity index (χ0n) is 25.0. The van der Waals surface area contributed by atoms with E-state index >= 15 is 0 Å². The molecule has 1 aliphatic carbocycles.